The standard InChI is InChI=1S/C20H36N4O/c1-7-21-20(24(6)13-18-10-8-14(2)9-11-18)22-12-15(3)19-16(4)23-25-17(19)5/h14-15,18H,7-13H2,1-6H3,(H,21,22). The normalized spacial score (nSPS) is 22.7. The molecule has 0 aliphatic heterocycles. The van der Waals surface area contributed by atoms with Crippen LogP contribution in [0.25, 0.3) is 0 Å². The fraction of sp³-hybridized carbons (Fsp3) is 0.800. The van der Waals surface area contributed by atoms with E-state index in [9.17, 15) is 0 Å². The van der Waals surface area contributed by atoms with Gasteiger partial charge in [-0.25, -0.2) is 0 Å². The Morgan fingerprint density at radius 3 is 2.56 bits per heavy atom. The summed E-state index contributed by atoms with van der Waals surface area (Å²) in [4.78, 5) is 7.20. The Morgan fingerprint density at radius 1 is 1.32 bits per heavy atom. The number of aryl methyl sites for hydroxylation is 2. The van der Waals surface area contributed by atoms with Crippen molar-refractivity contribution in [2.45, 2.75) is 66.2 Å². The molecule has 2 rings (SSSR count). The minimum atomic E-state index is 0.309. The zero-order valence-corrected chi connectivity index (χ0v) is 16.9. The molecule has 1 fully saturated rings. The molecule has 0 aromatic carbocycles. The Bertz CT molecular complexity index is 539. The topological polar surface area (TPSA) is 53.7 Å². The Balaban J connectivity index is 1.97. The maximum absolute atomic E-state index is 5.30. The summed E-state index contributed by atoms with van der Waals surface area (Å²) in [7, 11) is 2.17. The van der Waals surface area contributed by atoms with E-state index >= 15 is 0 Å². The Hall–Kier alpha value is -1.52. The summed E-state index contributed by atoms with van der Waals surface area (Å²) in [6, 6.07) is 0. The van der Waals surface area contributed by atoms with E-state index in [-0.39, 0.29) is 0 Å². The van der Waals surface area contributed by atoms with Gasteiger partial charge in [0.15, 0.2) is 5.96 Å². The maximum atomic E-state index is 5.30. The van der Waals surface area contributed by atoms with Crippen LogP contribution in [-0.2, 0) is 0 Å². The number of rotatable bonds is 6. The lowest BCUT2D eigenvalue weighted by atomic mass is 9.83. The zero-order chi connectivity index (χ0) is 18.4. The molecular formula is C20H36N4O. The van der Waals surface area contributed by atoms with Crippen molar-refractivity contribution >= 4 is 5.96 Å². The van der Waals surface area contributed by atoms with Crippen LogP contribution >= 0.6 is 0 Å². The van der Waals surface area contributed by atoms with Gasteiger partial charge in [0, 0.05) is 38.2 Å². The van der Waals surface area contributed by atoms with Crippen molar-refractivity contribution in [3.05, 3.63) is 17.0 Å². The number of guanidine groups is 1. The first-order valence-corrected chi connectivity index (χ1v) is 9.84. The van der Waals surface area contributed by atoms with Crippen LogP contribution in [0.15, 0.2) is 9.52 Å². The molecule has 0 bridgehead atoms. The highest BCUT2D eigenvalue weighted by atomic mass is 16.5. The van der Waals surface area contributed by atoms with Gasteiger partial charge in [0.25, 0.3) is 0 Å². The molecule has 1 atom stereocenters. The van der Waals surface area contributed by atoms with Gasteiger partial charge in [-0.15, -0.1) is 0 Å². The van der Waals surface area contributed by atoms with Crippen LogP contribution in [0.4, 0.5) is 0 Å². The summed E-state index contributed by atoms with van der Waals surface area (Å²) < 4.78 is 5.30. The molecule has 25 heavy (non-hydrogen) atoms. The number of aliphatic imine (C=N–C) groups is 1. The molecule has 0 spiro atoms. The number of nitrogens with zero attached hydrogens (tertiary/aromatic N) is 3. The van der Waals surface area contributed by atoms with Gasteiger partial charge >= 0.3 is 0 Å². The van der Waals surface area contributed by atoms with Crippen LogP contribution in [0, 0.1) is 25.7 Å². The first-order chi connectivity index (χ1) is 11.9. The van der Waals surface area contributed by atoms with Crippen molar-refractivity contribution in [3.8, 4) is 0 Å². The lowest BCUT2D eigenvalue weighted by Crippen LogP contribution is -2.42. The van der Waals surface area contributed by atoms with E-state index in [1.54, 1.807) is 0 Å². The van der Waals surface area contributed by atoms with Gasteiger partial charge in [-0.2, -0.15) is 0 Å². The highest BCUT2D eigenvalue weighted by Crippen LogP contribution is 2.28. The number of hydrogen-bond acceptors (Lipinski definition) is 3. The van der Waals surface area contributed by atoms with Crippen molar-refractivity contribution in [1.82, 2.24) is 15.4 Å². The summed E-state index contributed by atoms with van der Waals surface area (Å²) in [6.45, 7) is 13.4. The van der Waals surface area contributed by atoms with E-state index in [1.807, 2.05) is 13.8 Å². The van der Waals surface area contributed by atoms with Gasteiger partial charge < -0.3 is 14.7 Å². The van der Waals surface area contributed by atoms with Gasteiger partial charge in [0.1, 0.15) is 5.76 Å². The highest BCUT2D eigenvalue weighted by molar-refractivity contribution is 5.79. The SMILES string of the molecule is CCNC(=NCC(C)c1c(C)noc1C)N(C)CC1CCC(C)CC1. The Kier molecular flexibility index (Phi) is 7.33. The van der Waals surface area contributed by atoms with Crippen LogP contribution < -0.4 is 5.32 Å². The van der Waals surface area contributed by atoms with Crippen molar-refractivity contribution in [1.29, 1.82) is 0 Å². The molecule has 0 radical (unpaired) electrons. The van der Waals surface area contributed by atoms with Crippen molar-refractivity contribution in [3.63, 3.8) is 0 Å². The third kappa shape index (κ3) is 5.48. The summed E-state index contributed by atoms with van der Waals surface area (Å²) >= 11 is 0. The molecule has 1 aromatic heterocycles. The van der Waals surface area contributed by atoms with Gasteiger partial charge in [0.05, 0.1) is 5.69 Å². The molecule has 0 saturated heterocycles. The lowest BCUT2D eigenvalue weighted by molar-refractivity contribution is 0.250. The molecule has 142 valence electrons. The Morgan fingerprint density at radius 2 is 2.00 bits per heavy atom. The first kappa shape index (κ1) is 19.8. The minimum Gasteiger partial charge on any atom is -0.361 e. The second-order valence-corrected chi connectivity index (χ2v) is 7.84. The molecule has 1 saturated carbocycles. The van der Waals surface area contributed by atoms with Gasteiger partial charge in [-0.1, -0.05) is 31.8 Å². The summed E-state index contributed by atoms with van der Waals surface area (Å²) in [5, 5.41) is 7.52. The maximum Gasteiger partial charge on any atom is 0.193 e. The fourth-order valence-corrected chi connectivity index (χ4v) is 3.96. The molecule has 1 N–H and O–H groups in total. The Labute approximate surface area is 153 Å². The number of hydrogen-bond donors (Lipinski definition) is 1. The van der Waals surface area contributed by atoms with E-state index in [0.717, 1.165) is 48.9 Å². The third-order valence-electron chi connectivity index (χ3n) is 5.46. The molecule has 5 heteroatoms. The smallest absolute Gasteiger partial charge is 0.193 e. The van der Waals surface area contributed by atoms with E-state index in [1.165, 1.54) is 31.2 Å². The van der Waals surface area contributed by atoms with Crippen LogP contribution in [0.2, 0.25) is 0 Å². The molecular weight excluding hydrogens is 312 g/mol. The van der Waals surface area contributed by atoms with Crippen molar-refractivity contribution < 1.29 is 4.52 Å². The van der Waals surface area contributed by atoms with Gasteiger partial charge in [0.2, 0.25) is 0 Å². The largest absolute Gasteiger partial charge is 0.361 e. The number of nitrogens with one attached hydrogen (secondary N) is 1. The molecule has 1 aromatic rings. The molecule has 0 amide bonds. The van der Waals surface area contributed by atoms with E-state index in [0.29, 0.717) is 5.92 Å². The first-order valence-electron chi connectivity index (χ1n) is 9.84. The number of aromatic nitrogens is 1. The van der Waals surface area contributed by atoms with Crippen LogP contribution in [0.5, 0.6) is 0 Å². The molecule has 1 aliphatic carbocycles. The van der Waals surface area contributed by atoms with Crippen LogP contribution in [0.3, 0.4) is 0 Å². The van der Waals surface area contributed by atoms with E-state index < -0.39 is 0 Å². The fourth-order valence-electron chi connectivity index (χ4n) is 3.96. The second kappa shape index (κ2) is 9.25. The monoisotopic (exact) mass is 348 g/mol. The average Bonchev–Trinajstić information content (AvgIpc) is 2.92. The second-order valence-electron chi connectivity index (χ2n) is 7.84. The highest BCUT2D eigenvalue weighted by Gasteiger charge is 2.21. The van der Waals surface area contributed by atoms with Crippen LogP contribution in [-0.4, -0.2) is 42.7 Å². The predicted octanol–water partition coefficient (Wildman–Crippen LogP) is 4.12. The molecule has 1 unspecified atom stereocenters. The van der Waals surface area contributed by atoms with Gasteiger partial charge in [-0.3, -0.25) is 4.99 Å². The summed E-state index contributed by atoms with van der Waals surface area (Å²) in [5.41, 5.74) is 2.18. The quantitative estimate of drug-likeness (QED) is 0.621. The summed E-state index contributed by atoms with van der Waals surface area (Å²) in [5.74, 6) is 3.93. The van der Waals surface area contributed by atoms with E-state index in [2.05, 4.69) is 43.2 Å². The van der Waals surface area contributed by atoms with Crippen molar-refractivity contribution in [2.75, 3.05) is 26.7 Å². The zero-order valence-electron chi connectivity index (χ0n) is 16.9. The molecule has 5 nitrogen and oxygen atoms in total. The average molecular weight is 349 g/mol. The molecule has 1 heterocycles. The lowest BCUT2D eigenvalue weighted by Gasteiger charge is -2.31. The molecule has 1 aliphatic rings. The van der Waals surface area contributed by atoms with Crippen LogP contribution in [0.1, 0.15) is 69.4 Å². The van der Waals surface area contributed by atoms with Gasteiger partial charge in [-0.05, 0) is 45.4 Å². The third-order valence-corrected chi connectivity index (χ3v) is 5.46. The predicted molar refractivity (Wildman–Crippen MR) is 104 cm³/mol. The van der Waals surface area contributed by atoms with E-state index in [4.69, 9.17) is 9.52 Å². The van der Waals surface area contributed by atoms with Crippen molar-refractivity contribution in [2.24, 2.45) is 16.8 Å². The summed E-state index contributed by atoms with van der Waals surface area (Å²) in [6.07, 6.45) is 5.44. The minimum absolute atomic E-state index is 0.309.